The summed E-state index contributed by atoms with van der Waals surface area (Å²) in [6.45, 7) is 0.00294. The second kappa shape index (κ2) is 5.17. The fourth-order valence-corrected chi connectivity index (χ4v) is 2.04. The fraction of sp³-hybridized carbons (Fsp3) is 0.308. The smallest absolute Gasteiger partial charge is 0.307 e. The van der Waals surface area contributed by atoms with Gasteiger partial charge < -0.3 is 5.11 Å². The number of aliphatic carboxylic acids is 1. The van der Waals surface area contributed by atoms with E-state index in [4.69, 9.17) is 5.11 Å². The van der Waals surface area contributed by atoms with Crippen molar-refractivity contribution in [2.45, 2.75) is 12.8 Å². The Hall–Kier alpha value is -2.24. The van der Waals surface area contributed by atoms with Crippen LogP contribution in [0.3, 0.4) is 0 Å². The monoisotopic (exact) mass is 265 g/mol. The van der Waals surface area contributed by atoms with Crippen molar-refractivity contribution >= 4 is 17.8 Å². The summed E-state index contributed by atoms with van der Waals surface area (Å²) in [5.74, 6) is -3.80. The van der Waals surface area contributed by atoms with Crippen LogP contribution in [0, 0.1) is 11.7 Å². The number of benzene rings is 1. The molecule has 0 aliphatic carbocycles. The minimum Gasteiger partial charge on any atom is -0.481 e. The number of hydrogen-bond donors (Lipinski definition) is 1. The molecule has 100 valence electrons. The fourth-order valence-electron chi connectivity index (χ4n) is 2.04. The van der Waals surface area contributed by atoms with Crippen LogP contribution in [0.4, 0.5) is 4.39 Å². The van der Waals surface area contributed by atoms with E-state index in [0.717, 1.165) is 11.0 Å². The molecule has 1 saturated heterocycles. The van der Waals surface area contributed by atoms with Crippen LogP contribution in [0.1, 0.15) is 23.2 Å². The first-order chi connectivity index (χ1) is 9.00. The average molecular weight is 265 g/mol. The van der Waals surface area contributed by atoms with Gasteiger partial charge >= 0.3 is 5.97 Å². The molecule has 19 heavy (non-hydrogen) atoms. The lowest BCUT2D eigenvalue weighted by molar-refractivity contribution is -0.148. The average Bonchev–Trinajstić information content (AvgIpc) is 2.38. The molecule has 1 unspecified atom stereocenters. The summed E-state index contributed by atoms with van der Waals surface area (Å²) >= 11 is 0. The number of carbonyl (C=O) groups excluding carboxylic acids is 2. The first-order valence-corrected chi connectivity index (χ1v) is 5.82. The van der Waals surface area contributed by atoms with E-state index >= 15 is 0 Å². The topological polar surface area (TPSA) is 74.7 Å². The van der Waals surface area contributed by atoms with E-state index in [2.05, 4.69) is 0 Å². The molecule has 0 aromatic heterocycles. The highest BCUT2D eigenvalue weighted by Gasteiger charge is 2.34. The molecule has 1 N–H and O–H groups in total. The Morgan fingerprint density at radius 3 is 2.58 bits per heavy atom. The molecule has 1 heterocycles. The predicted molar refractivity (Wildman–Crippen MR) is 62.8 cm³/mol. The van der Waals surface area contributed by atoms with E-state index in [1.807, 2.05) is 0 Å². The number of hydrogen-bond acceptors (Lipinski definition) is 3. The summed E-state index contributed by atoms with van der Waals surface area (Å²) in [7, 11) is 0. The Balaban J connectivity index is 2.16. The number of carboxylic acid groups (broad SMARTS) is 1. The summed E-state index contributed by atoms with van der Waals surface area (Å²) < 4.78 is 13.5. The van der Waals surface area contributed by atoms with Gasteiger partial charge in [-0.05, 0) is 18.6 Å². The third-order valence-electron chi connectivity index (χ3n) is 3.12. The number of imide groups is 1. The van der Waals surface area contributed by atoms with Crippen LogP contribution in [0.25, 0.3) is 0 Å². The van der Waals surface area contributed by atoms with Crippen LogP contribution >= 0.6 is 0 Å². The lowest BCUT2D eigenvalue weighted by Crippen LogP contribution is -2.44. The Kier molecular flexibility index (Phi) is 3.59. The highest BCUT2D eigenvalue weighted by atomic mass is 19.1. The first-order valence-electron chi connectivity index (χ1n) is 5.82. The van der Waals surface area contributed by atoms with E-state index in [0.29, 0.717) is 0 Å². The van der Waals surface area contributed by atoms with Crippen molar-refractivity contribution in [1.82, 2.24) is 4.90 Å². The molecule has 0 radical (unpaired) electrons. The summed E-state index contributed by atoms with van der Waals surface area (Å²) in [5.41, 5.74) is -0.176. The number of amides is 2. The van der Waals surface area contributed by atoms with Gasteiger partial charge in [0.15, 0.2) is 0 Å². The SMILES string of the molecule is O=C(O)C1CCN(C(=O)c2ccccc2F)C(=O)C1. The van der Waals surface area contributed by atoms with E-state index in [1.54, 1.807) is 0 Å². The third kappa shape index (κ3) is 2.62. The lowest BCUT2D eigenvalue weighted by Gasteiger charge is -2.28. The molecule has 1 aliphatic rings. The maximum absolute atomic E-state index is 13.5. The highest BCUT2D eigenvalue weighted by Crippen LogP contribution is 2.21. The van der Waals surface area contributed by atoms with Crippen molar-refractivity contribution in [3.05, 3.63) is 35.6 Å². The van der Waals surface area contributed by atoms with Crippen LogP contribution in [-0.2, 0) is 9.59 Å². The van der Waals surface area contributed by atoms with E-state index < -0.39 is 29.5 Å². The molecule has 6 heteroatoms. The second-order valence-corrected chi connectivity index (χ2v) is 4.36. The summed E-state index contributed by atoms with van der Waals surface area (Å²) in [6.07, 6.45) is -0.0310. The van der Waals surface area contributed by atoms with Crippen LogP contribution in [0.2, 0.25) is 0 Å². The maximum Gasteiger partial charge on any atom is 0.307 e. The predicted octanol–water partition coefficient (Wildman–Crippen LogP) is 1.29. The van der Waals surface area contributed by atoms with E-state index in [9.17, 15) is 18.8 Å². The molecule has 0 saturated carbocycles. The number of nitrogens with zero attached hydrogens (tertiary/aromatic N) is 1. The van der Waals surface area contributed by atoms with Gasteiger partial charge in [0.1, 0.15) is 5.82 Å². The molecule has 2 rings (SSSR count). The van der Waals surface area contributed by atoms with Crippen molar-refractivity contribution in [1.29, 1.82) is 0 Å². The number of halogens is 1. The normalized spacial score (nSPS) is 19.3. The highest BCUT2D eigenvalue weighted by molar-refractivity contribution is 6.05. The number of carboxylic acids is 1. The summed E-state index contributed by atoms with van der Waals surface area (Å²) in [6, 6.07) is 5.39. The summed E-state index contributed by atoms with van der Waals surface area (Å²) in [5, 5.41) is 8.83. The third-order valence-corrected chi connectivity index (χ3v) is 3.12. The van der Waals surface area contributed by atoms with Gasteiger partial charge in [-0.1, -0.05) is 12.1 Å². The molecule has 1 aromatic carbocycles. The Labute approximate surface area is 108 Å². The number of rotatable bonds is 2. The Bertz CT molecular complexity index is 543. The van der Waals surface area contributed by atoms with Crippen LogP contribution in [0.15, 0.2) is 24.3 Å². The van der Waals surface area contributed by atoms with Gasteiger partial charge in [0.2, 0.25) is 5.91 Å². The van der Waals surface area contributed by atoms with Gasteiger partial charge in [-0.25, -0.2) is 4.39 Å². The molecular weight excluding hydrogens is 253 g/mol. The Morgan fingerprint density at radius 2 is 2.00 bits per heavy atom. The number of piperidine rings is 1. The number of carbonyl (C=O) groups is 3. The number of likely N-dealkylation sites (tertiary alicyclic amines) is 1. The molecule has 1 atom stereocenters. The molecule has 2 amide bonds. The van der Waals surface area contributed by atoms with Crippen LogP contribution < -0.4 is 0 Å². The van der Waals surface area contributed by atoms with E-state index in [-0.39, 0.29) is 24.9 Å². The zero-order chi connectivity index (χ0) is 14.0. The van der Waals surface area contributed by atoms with Gasteiger partial charge in [-0.3, -0.25) is 19.3 Å². The minimum atomic E-state index is -1.05. The second-order valence-electron chi connectivity index (χ2n) is 4.36. The molecule has 1 aliphatic heterocycles. The molecule has 1 fully saturated rings. The van der Waals surface area contributed by atoms with Gasteiger partial charge in [-0.2, -0.15) is 0 Å². The molecule has 1 aromatic rings. The molecule has 5 nitrogen and oxygen atoms in total. The van der Waals surface area contributed by atoms with Gasteiger partial charge in [0, 0.05) is 13.0 Å². The van der Waals surface area contributed by atoms with Crippen molar-refractivity contribution in [2.24, 2.45) is 5.92 Å². The largest absolute Gasteiger partial charge is 0.481 e. The maximum atomic E-state index is 13.5. The first kappa shape index (κ1) is 13.2. The standard InChI is InChI=1S/C13H12FNO4/c14-10-4-2-1-3-9(10)12(17)15-6-5-8(13(18)19)7-11(15)16/h1-4,8H,5-7H2,(H,18,19). The van der Waals surface area contributed by atoms with Gasteiger partial charge in [-0.15, -0.1) is 0 Å². The molecule has 0 bridgehead atoms. The van der Waals surface area contributed by atoms with Crippen molar-refractivity contribution in [3.63, 3.8) is 0 Å². The van der Waals surface area contributed by atoms with Gasteiger partial charge in [0.25, 0.3) is 5.91 Å². The van der Waals surface area contributed by atoms with Crippen molar-refractivity contribution in [3.8, 4) is 0 Å². The summed E-state index contributed by atoms with van der Waals surface area (Å²) in [4.78, 5) is 35.5. The molecule has 0 spiro atoms. The Morgan fingerprint density at radius 1 is 1.32 bits per heavy atom. The van der Waals surface area contributed by atoms with E-state index in [1.165, 1.54) is 18.2 Å². The van der Waals surface area contributed by atoms with Crippen LogP contribution in [-0.4, -0.2) is 34.3 Å². The molecular formula is C13H12FNO4. The quantitative estimate of drug-likeness (QED) is 0.817. The van der Waals surface area contributed by atoms with Crippen LogP contribution in [0.5, 0.6) is 0 Å². The minimum absolute atomic E-state index is 0.00294. The van der Waals surface area contributed by atoms with Crippen molar-refractivity contribution < 1.29 is 23.9 Å². The lowest BCUT2D eigenvalue weighted by atomic mass is 9.96. The van der Waals surface area contributed by atoms with Crippen molar-refractivity contribution in [2.75, 3.05) is 6.54 Å². The zero-order valence-electron chi connectivity index (χ0n) is 10.0. The zero-order valence-corrected chi connectivity index (χ0v) is 10.0. The van der Waals surface area contributed by atoms with Gasteiger partial charge in [0.05, 0.1) is 11.5 Å².